The highest BCUT2D eigenvalue weighted by atomic mass is 16.5. The molecule has 0 saturated carbocycles. The van der Waals surface area contributed by atoms with E-state index in [1.807, 2.05) is 31.2 Å². The molecule has 1 N–H and O–H groups in total. The third kappa shape index (κ3) is 5.53. The molecule has 0 fully saturated rings. The maximum absolute atomic E-state index is 13.0. The lowest BCUT2D eigenvalue weighted by atomic mass is 9.87. The first kappa shape index (κ1) is 24.4. The molecule has 0 aliphatic carbocycles. The van der Waals surface area contributed by atoms with Crippen LogP contribution in [0.5, 0.6) is 5.75 Å². The van der Waals surface area contributed by atoms with Crippen molar-refractivity contribution in [3.05, 3.63) is 76.5 Å². The summed E-state index contributed by atoms with van der Waals surface area (Å²) in [6.07, 6.45) is 1.77. The summed E-state index contributed by atoms with van der Waals surface area (Å²) in [7, 11) is 0. The van der Waals surface area contributed by atoms with Crippen LogP contribution in [0, 0.1) is 0 Å². The highest BCUT2D eigenvalue weighted by Gasteiger charge is 2.34. The molecule has 1 aliphatic rings. The first-order chi connectivity index (χ1) is 16.8. The van der Waals surface area contributed by atoms with Crippen molar-refractivity contribution in [2.24, 2.45) is 0 Å². The zero-order valence-electron chi connectivity index (χ0n) is 21.0. The minimum atomic E-state index is -0.491. The van der Waals surface area contributed by atoms with Crippen LogP contribution in [0.15, 0.2) is 59.8 Å². The lowest BCUT2D eigenvalue weighted by molar-refractivity contribution is -0.139. The van der Waals surface area contributed by atoms with Crippen LogP contribution < -0.4 is 10.1 Å². The van der Waals surface area contributed by atoms with Gasteiger partial charge in [-0.1, -0.05) is 75.6 Å². The van der Waals surface area contributed by atoms with Crippen LogP contribution in [0.1, 0.15) is 70.2 Å². The van der Waals surface area contributed by atoms with Crippen molar-refractivity contribution in [1.82, 2.24) is 20.2 Å². The second kappa shape index (κ2) is 10.3. The molecule has 8 nitrogen and oxygen atoms in total. The minimum Gasteiger partial charge on any atom is -0.489 e. The van der Waals surface area contributed by atoms with Crippen molar-refractivity contribution in [1.29, 1.82) is 0 Å². The fourth-order valence-electron chi connectivity index (χ4n) is 3.99. The second-order valence-electron chi connectivity index (χ2n) is 9.81. The summed E-state index contributed by atoms with van der Waals surface area (Å²) in [6, 6.07) is 15.7. The minimum absolute atomic E-state index is 0.122. The van der Waals surface area contributed by atoms with Crippen molar-refractivity contribution in [3.63, 3.8) is 0 Å². The van der Waals surface area contributed by atoms with E-state index in [-0.39, 0.29) is 11.4 Å². The van der Waals surface area contributed by atoms with Gasteiger partial charge >= 0.3 is 5.97 Å². The van der Waals surface area contributed by atoms with E-state index in [1.165, 1.54) is 5.56 Å². The zero-order chi connectivity index (χ0) is 25.0. The number of ether oxygens (including phenoxy) is 2. The Morgan fingerprint density at radius 3 is 2.46 bits per heavy atom. The van der Waals surface area contributed by atoms with Gasteiger partial charge in [0.05, 0.1) is 12.2 Å². The van der Waals surface area contributed by atoms with E-state index in [2.05, 4.69) is 72.8 Å². The van der Waals surface area contributed by atoms with E-state index in [0.717, 1.165) is 29.7 Å². The van der Waals surface area contributed by atoms with Crippen LogP contribution in [-0.4, -0.2) is 32.8 Å². The molecular weight excluding hydrogens is 442 g/mol. The Morgan fingerprint density at radius 2 is 1.80 bits per heavy atom. The highest BCUT2D eigenvalue weighted by Crippen LogP contribution is 2.35. The van der Waals surface area contributed by atoms with Gasteiger partial charge < -0.3 is 14.8 Å². The number of nitrogens with zero attached hydrogens (tertiary/aromatic N) is 4. The lowest BCUT2D eigenvalue weighted by Gasteiger charge is -2.27. The van der Waals surface area contributed by atoms with Crippen molar-refractivity contribution >= 4 is 11.9 Å². The second-order valence-corrected chi connectivity index (χ2v) is 9.81. The number of aromatic nitrogens is 4. The molecule has 3 aromatic rings. The fourth-order valence-corrected chi connectivity index (χ4v) is 3.99. The van der Waals surface area contributed by atoms with Gasteiger partial charge in [-0.15, -0.1) is 0 Å². The molecule has 2 heterocycles. The predicted octanol–water partition coefficient (Wildman–Crippen LogP) is 5.18. The Labute approximate surface area is 206 Å². The number of benzene rings is 2. The maximum Gasteiger partial charge on any atom is 0.338 e. The van der Waals surface area contributed by atoms with Gasteiger partial charge in [0, 0.05) is 5.70 Å². The van der Waals surface area contributed by atoms with Crippen LogP contribution >= 0.6 is 0 Å². The van der Waals surface area contributed by atoms with E-state index in [9.17, 15) is 4.79 Å². The number of carbonyl (C=O) groups is 1. The van der Waals surface area contributed by atoms with Gasteiger partial charge in [0.2, 0.25) is 5.95 Å². The van der Waals surface area contributed by atoms with Gasteiger partial charge in [-0.3, -0.25) is 0 Å². The largest absolute Gasteiger partial charge is 0.489 e. The smallest absolute Gasteiger partial charge is 0.338 e. The van der Waals surface area contributed by atoms with E-state index < -0.39 is 6.04 Å². The molecule has 8 heteroatoms. The van der Waals surface area contributed by atoms with Crippen LogP contribution in [0.25, 0.3) is 0 Å². The Balaban J connectivity index is 1.51. The Bertz CT molecular complexity index is 1190. The van der Waals surface area contributed by atoms with Crippen molar-refractivity contribution in [2.75, 3.05) is 11.9 Å². The van der Waals surface area contributed by atoms with Crippen LogP contribution in [0.2, 0.25) is 0 Å². The Kier molecular flexibility index (Phi) is 7.19. The summed E-state index contributed by atoms with van der Waals surface area (Å²) >= 11 is 0. The summed E-state index contributed by atoms with van der Waals surface area (Å²) in [5.41, 5.74) is 4.56. The number of rotatable bonds is 8. The normalized spacial score (nSPS) is 15.4. The topological polar surface area (TPSA) is 91.2 Å². The predicted molar refractivity (Wildman–Crippen MR) is 134 cm³/mol. The van der Waals surface area contributed by atoms with Gasteiger partial charge in [0.1, 0.15) is 18.4 Å². The van der Waals surface area contributed by atoms with Crippen molar-refractivity contribution in [2.45, 2.75) is 65.5 Å². The quantitative estimate of drug-likeness (QED) is 0.354. The van der Waals surface area contributed by atoms with Gasteiger partial charge in [0.25, 0.3) is 0 Å². The van der Waals surface area contributed by atoms with Crippen LogP contribution in [-0.2, 0) is 21.6 Å². The molecule has 1 unspecified atom stereocenters. The molecule has 0 amide bonds. The highest BCUT2D eigenvalue weighted by molar-refractivity contribution is 5.92. The molecule has 35 heavy (non-hydrogen) atoms. The molecule has 4 rings (SSSR count). The number of allylic oxidation sites excluding steroid dienone is 1. The van der Waals surface area contributed by atoms with Gasteiger partial charge in [-0.25, -0.2) is 4.79 Å². The van der Waals surface area contributed by atoms with Gasteiger partial charge in [-0.05, 0) is 58.0 Å². The number of fused-ring (bicyclic) bond motifs is 1. The third-order valence-electron chi connectivity index (χ3n) is 6.09. The van der Waals surface area contributed by atoms with Crippen LogP contribution in [0.4, 0.5) is 5.95 Å². The lowest BCUT2D eigenvalue weighted by Crippen LogP contribution is -2.29. The van der Waals surface area contributed by atoms with Gasteiger partial charge in [-0.2, -0.15) is 4.68 Å². The first-order valence-electron chi connectivity index (χ1n) is 12.0. The van der Waals surface area contributed by atoms with E-state index in [4.69, 9.17) is 9.47 Å². The SMILES string of the molecule is CCCCOC(=O)C1=C(C)Nc2nnnn2C1c1ccc(OCc2ccc(C(C)(C)C)cc2)cc1. The monoisotopic (exact) mass is 475 g/mol. The first-order valence-corrected chi connectivity index (χ1v) is 12.0. The van der Waals surface area contributed by atoms with Crippen LogP contribution in [0.3, 0.4) is 0 Å². The standard InChI is InChI=1S/C27H33N5O3/c1-6-7-16-34-25(33)23-18(2)28-26-29-30-31-32(26)24(23)20-10-14-22(15-11-20)35-17-19-8-12-21(13-9-19)27(3,4)5/h8-15,24H,6-7,16-17H2,1-5H3,(H,28,29,31). The number of tetrazole rings is 1. The third-order valence-corrected chi connectivity index (χ3v) is 6.09. The molecule has 0 bridgehead atoms. The molecule has 0 saturated heterocycles. The summed E-state index contributed by atoms with van der Waals surface area (Å²) in [6.45, 7) is 11.4. The number of hydrogen-bond donors (Lipinski definition) is 1. The molecule has 1 aromatic heterocycles. The Hall–Kier alpha value is -3.68. The molecule has 1 aliphatic heterocycles. The number of unbranched alkanes of at least 4 members (excludes halogenated alkanes) is 1. The van der Waals surface area contributed by atoms with E-state index >= 15 is 0 Å². The maximum atomic E-state index is 13.0. The van der Waals surface area contributed by atoms with Gasteiger partial charge in [0.15, 0.2) is 0 Å². The summed E-state index contributed by atoms with van der Waals surface area (Å²) in [4.78, 5) is 13.0. The fraction of sp³-hybridized carbons (Fsp3) is 0.407. The molecule has 0 radical (unpaired) electrons. The molecule has 1 atom stereocenters. The van der Waals surface area contributed by atoms with E-state index in [0.29, 0.717) is 30.4 Å². The number of esters is 1. The number of anilines is 1. The van der Waals surface area contributed by atoms with Crippen molar-refractivity contribution in [3.8, 4) is 5.75 Å². The number of carbonyl (C=O) groups excluding carboxylic acids is 1. The summed E-state index contributed by atoms with van der Waals surface area (Å²) < 4.78 is 13.2. The summed E-state index contributed by atoms with van der Waals surface area (Å²) in [5.74, 6) is 0.859. The molecule has 0 spiro atoms. The molecule has 184 valence electrons. The number of hydrogen-bond acceptors (Lipinski definition) is 7. The molecule has 2 aromatic carbocycles. The van der Waals surface area contributed by atoms with Crippen molar-refractivity contribution < 1.29 is 14.3 Å². The average Bonchev–Trinajstić information content (AvgIpc) is 3.30. The average molecular weight is 476 g/mol. The zero-order valence-corrected chi connectivity index (χ0v) is 21.0. The van der Waals surface area contributed by atoms with E-state index in [1.54, 1.807) is 4.68 Å². The Morgan fingerprint density at radius 1 is 1.09 bits per heavy atom. The summed E-state index contributed by atoms with van der Waals surface area (Å²) in [5, 5.41) is 15.0. The number of nitrogens with one attached hydrogen (secondary N) is 1. The molecular formula is C27H33N5O3.